The number of nitrogens with one attached hydrogen (secondary N) is 1. The van der Waals surface area contributed by atoms with Crippen molar-refractivity contribution in [3.8, 4) is 0 Å². The van der Waals surface area contributed by atoms with E-state index in [1.807, 2.05) is 13.8 Å². The van der Waals surface area contributed by atoms with Gasteiger partial charge in [0.15, 0.2) is 5.17 Å². The highest BCUT2D eigenvalue weighted by molar-refractivity contribution is 8.17. The van der Waals surface area contributed by atoms with Crippen LogP contribution in [0.4, 0.5) is 0 Å². The maximum atomic E-state index is 12.1. The Morgan fingerprint density at radius 3 is 2.79 bits per heavy atom. The number of hydrogen-bond acceptors (Lipinski definition) is 5. The van der Waals surface area contributed by atoms with Crippen LogP contribution in [0.3, 0.4) is 0 Å². The quantitative estimate of drug-likeness (QED) is 0.828. The first kappa shape index (κ1) is 15.8. The van der Waals surface area contributed by atoms with Gasteiger partial charge in [-0.05, 0) is 39.2 Å². The Labute approximate surface area is 146 Å². The van der Waals surface area contributed by atoms with Gasteiger partial charge in [0.2, 0.25) is 0 Å². The molecule has 1 N–H and O–H groups in total. The molecule has 1 saturated carbocycles. The lowest BCUT2D eigenvalue weighted by molar-refractivity contribution is 0.0599. The number of thioether (sulfide) groups is 1. The van der Waals surface area contributed by atoms with Gasteiger partial charge in [-0.2, -0.15) is 0 Å². The van der Waals surface area contributed by atoms with E-state index in [0.717, 1.165) is 22.1 Å². The molecule has 24 heavy (non-hydrogen) atoms. The molecule has 4 rings (SSSR count). The van der Waals surface area contributed by atoms with E-state index in [-0.39, 0.29) is 5.97 Å². The van der Waals surface area contributed by atoms with Gasteiger partial charge in [-0.25, -0.2) is 4.79 Å². The van der Waals surface area contributed by atoms with Gasteiger partial charge >= 0.3 is 5.97 Å². The van der Waals surface area contributed by atoms with Crippen LogP contribution in [-0.2, 0) is 4.74 Å². The zero-order valence-electron chi connectivity index (χ0n) is 14.6. The average molecular weight is 345 g/mol. The summed E-state index contributed by atoms with van der Waals surface area (Å²) in [5.74, 6) is -0.276. The molecule has 0 spiro atoms. The third kappa shape index (κ3) is 2.15. The van der Waals surface area contributed by atoms with E-state index in [1.54, 1.807) is 11.8 Å². The molecule has 6 heteroatoms. The first-order valence-corrected chi connectivity index (χ1v) is 9.38. The normalized spacial score (nSPS) is 25.7. The number of amidine groups is 1. The van der Waals surface area contributed by atoms with Crippen molar-refractivity contribution >= 4 is 28.6 Å². The molecule has 5 nitrogen and oxygen atoms in total. The summed E-state index contributed by atoms with van der Waals surface area (Å²) in [5.41, 5.74) is 4.72. The van der Waals surface area contributed by atoms with Crippen LogP contribution in [0.1, 0.15) is 59.9 Å². The largest absolute Gasteiger partial charge is 0.465 e. The van der Waals surface area contributed by atoms with E-state index in [0.29, 0.717) is 17.6 Å². The number of methoxy groups -OCH3 is 1. The number of aryl methyl sites for hydroxylation is 1. The number of carbonyl (C=O) groups excluding carboxylic acids is 1. The highest BCUT2D eigenvalue weighted by Gasteiger charge is 2.44. The van der Waals surface area contributed by atoms with Crippen LogP contribution in [0.5, 0.6) is 0 Å². The number of H-pyrrole nitrogens is 1. The average Bonchev–Trinajstić information content (AvgIpc) is 3.16. The first-order chi connectivity index (χ1) is 11.5. The number of ether oxygens (including phenoxy) is 1. The number of rotatable bonds is 2. The van der Waals surface area contributed by atoms with E-state index in [2.05, 4.69) is 16.8 Å². The number of aromatic nitrogens is 1. The maximum Gasteiger partial charge on any atom is 0.339 e. The number of allylic oxidation sites excluding steroid dienone is 1. The number of aliphatic imine (C=N–C) groups is 1. The van der Waals surface area contributed by atoms with Crippen LogP contribution < -0.4 is 0 Å². The molecule has 3 aliphatic rings. The molecule has 0 saturated heterocycles. The van der Waals surface area contributed by atoms with Crippen LogP contribution in [0.15, 0.2) is 9.90 Å². The summed E-state index contributed by atoms with van der Waals surface area (Å²) >= 11 is 1.76. The van der Waals surface area contributed by atoms with Crippen molar-refractivity contribution in [3.63, 3.8) is 0 Å². The first-order valence-electron chi connectivity index (χ1n) is 8.56. The SMILES string of the molecule is COC(=O)c1c(C)[nH]c(C2=C(C)SC3=N[C@@H]4CCCC[C@@H]4N32)c1C. The van der Waals surface area contributed by atoms with E-state index in [4.69, 9.17) is 9.73 Å². The van der Waals surface area contributed by atoms with Crippen LogP contribution in [0.2, 0.25) is 0 Å². The van der Waals surface area contributed by atoms with Crippen molar-refractivity contribution in [3.05, 3.63) is 27.4 Å². The Balaban J connectivity index is 1.78. The Hall–Kier alpha value is -1.69. The Kier molecular flexibility index (Phi) is 3.75. The molecule has 2 atom stereocenters. The molecular formula is C18H23N3O2S. The van der Waals surface area contributed by atoms with Crippen molar-refractivity contribution in [2.45, 2.75) is 58.5 Å². The number of esters is 1. The van der Waals surface area contributed by atoms with Gasteiger partial charge in [-0.3, -0.25) is 4.99 Å². The molecule has 0 unspecified atom stereocenters. The van der Waals surface area contributed by atoms with Gasteiger partial charge in [-0.1, -0.05) is 24.6 Å². The topological polar surface area (TPSA) is 57.7 Å². The van der Waals surface area contributed by atoms with Crippen LogP contribution >= 0.6 is 11.8 Å². The minimum atomic E-state index is -0.276. The third-order valence-corrected chi connectivity index (χ3v) is 6.37. The van der Waals surface area contributed by atoms with Crippen LogP contribution in [0.25, 0.3) is 5.70 Å². The summed E-state index contributed by atoms with van der Waals surface area (Å²) in [7, 11) is 1.43. The lowest BCUT2D eigenvalue weighted by Gasteiger charge is -2.32. The van der Waals surface area contributed by atoms with Crippen LogP contribution in [0, 0.1) is 13.8 Å². The fraction of sp³-hybridized carbons (Fsp3) is 0.556. The molecular weight excluding hydrogens is 322 g/mol. The lowest BCUT2D eigenvalue weighted by atomic mass is 9.90. The summed E-state index contributed by atoms with van der Waals surface area (Å²) in [5, 5.41) is 1.13. The lowest BCUT2D eigenvalue weighted by Crippen LogP contribution is -2.38. The number of aromatic amines is 1. The molecule has 2 aliphatic heterocycles. The van der Waals surface area contributed by atoms with Gasteiger partial charge in [0, 0.05) is 10.6 Å². The van der Waals surface area contributed by atoms with Gasteiger partial charge in [0.05, 0.1) is 36.1 Å². The Morgan fingerprint density at radius 2 is 2.04 bits per heavy atom. The van der Waals surface area contributed by atoms with E-state index in [1.165, 1.54) is 43.4 Å². The van der Waals surface area contributed by atoms with Crippen molar-refractivity contribution in [1.82, 2.24) is 9.88 Å². The maximum absolute atomic E-state index is 12.1. The predicted molar refractivity (Wildman–Crippen MR) is 97.1 cm³/mol. The molecule has 0 bridgehead atoms. The highest BCUT2D eigenvalue weighted by atomic mass is 32.2. The second-order valence-corrected chi connectivity index (χ2v) is 8.01. The van der Waals surface area contributed by atoms with Gasteiger partial charge in [-0.15, -0.1) is 0 Å². The number of fused-ring (bicyclic) bond motifs is 3. The molecule has 1 aromatic heterocycles. The standard InChI is InChI=1S/C18H23N3O2S/c1-9-14(17(22)23-4)10(2)19-15(9)16-11(3)24-18-20-12-7-5-6-8-13(12)21(16)18/h12-13,19H,5-8H2,1-4H3/t12-,13+/m1/s1. The molecule has 0 amide bonds. The minimum absolute atomic E-state index is 0.276. The Bertz CT molecular complexity index is 777. The van der Waals surface area contributed by atoms with E-state index < -0.39 is 0 Å². The number of carbonyl (C=O) groups is 1. The molecule has 3 heterocycles. The zero-order valence-corrected chi connectivity index (χ0v) is 15.4. The second-order valence-electron chi connectivity index (χ2n) is 6.82. The zero-order chi connectivity index (χ0) is 17.0. The van der Waals surface area contributed by atoms with Crippen molar-refractivity contribution in [1.29, 1.82) is 0 Å². The molecule has 0 aromatic carbocycles. The van der Waals surface area contributed by atoms with Gasteiger partial charge in [0.25, 0.3) is 0 Å². The van der Waals surface area contributed by atoms with E-state index in [9.17, 15) is 4.79 Å². The third-order valence-electron chi connectivity index (χ3n) is 5.39. The molecule has 128 valence electrons. The molecule has 1 fully saturated rings. The van der Waals surface area contributed by atoms with E-state index >= 15 is 0 Å². The van der Waals surface area contributed by atoms with Crippen molar-refractivity contribution in [2.24, 2.45) is 4.99 Å². The summed E-state index contributed by atoms with van der Waals surface area (Å²) in [6.45, 7) is 6.08. The smallest absolute Gasteiger partial charge is 0.339 e. The molecule has 1 aromatic rings. The van der Waals surface area contributed by atoms with Crippen molar-refractivity contribution in [2.75, 3.05) is 7.11 Å². The summed E-state index contributed by atoms with van der Waals surface area (Å²) in [6, 6.07) is 0.902. The van der Waals surface area contributed by atoms with Crippen LogP contribution in [-0.4, -0.2) is 40.2 Å². The summed E-state index contributed by atoms with van der Waals surface area (Å²) in [6.07, 6.45) is 4.93. The van der Waals surface area contributed by atoms with Gasteiger partial charge in [0.1, 0.15) is 0 Å². The fourth-order valence-electron chi connectivity index (χ4n) is 4.27. The Morgan fingerprint density at radius 1 is 1.29 bits per heavy atom. The summed E-state index contributed by atoms with van der Waals surface area (Å²) in [4.78, 5) is 24.2. The highest BCUT2D eigenvalue weighted by Crippen LogP contribution is 2.48. The second kappa shape index (κ2) is 5.69. The fourth-order valence-corrected chi connectivity index (χ4v) is 5.36. The minimum Gasteiger partial charge on any atom is -0.465 e. The summed E-state index contributed by atoms with van der Waals surface area (Å²) < 4.78 is 4.96. The molecule has 0 radical (unpaired) electrons. The van der Waals surface area contributed by atoms with Crippen molar-refractivity contribution < 1.29 is 9.53 Å². The molecule has 1 aliphatic carbocycles. The monoisotopic (exact) mass is 345 g/mol. The number of nitrogens with zero attached hydrogens (tertiary/aromatic N) is 2. The number of hydrogen-bond donors (Lipinski definition) is 1. The predicted octanol–water partition coefficient (Wildman–Crippen LogP) is 3.84. The van der Waals surface area contributed by atoms with Gasteiger partial charge < -0.3 is 14.6 Å².